The molecule has 1 N–H and O–H groups in total. The number of fused-ring (bicyclic) bond motifs is 4. The minimum atomic E-state index is -0.937. The smallest absolute Gasteiger partial charge is 0.318 e. The van der Waals surface area contributed by atoms with Crippen LogP contribution in [0, 0.1) is 5.82 Å². The summed E-state index contributed by atoms with van der Waals surface area (Å²) in [5.41, 5.74) is 4.03. The van der Waals surface area contributed by atoms with Crippen LogP contribution in [0.5, 0.6) is 11.8 Å². The number of aryl methyl sites for hydroxylation is 2. The van der Waals surface area contributed by atoms with Gasteiger partial charge in [-0.3, -0.25) is 14.4 Å². The van der Waals surface area contributed by atoms with Crippen LogP contribution in [0.25, 0.3) is 10.8 Å². The molecule has 3 atom stereocenters. The highest BCUT2D eigenvalue weighted by Gasteiger charge is 2.53. The van der Waals surface area contributed by atoms with Gasteiger partial charge in [0, 0.05) is 82.6 Å². The Morgan fingerprint density at radius 3 is 2.75 bits per heavy atom. The van der Waals surface area contributed by atoms with Crippen LogP contribution in [0.4, 0.5) is 20.3 Å². The number of ether oxygens (including phenoxy) is 2. The summed E-state index contributed by atoms with van der Waals surface area (Å²) in [6.07, 6.45) is 3.08. The molecule has 4 aliphatic heterocycles. The van der Waals surface area contributed by atoms with Crippen molar-refractivity contribution in [2.75, 3.05) is 63.9 Å². The van der Waals surface area contributed by atoms with Gasteiger partial charge >= 0.3 is 6.01 Å². The lowest BCUT2D eigenvalue weighted by Crippen LogP contribution is -2.47. The van der Waals surface area contributed by atoms with Crippen molar-refractivity contribution in [3.63, 3.8) is 0 Å². The van der Waals surface area contributed by atoms with Gasteiger partial charge in [0.25, 0.3) is 5.91 Å². The SMILES string of the molecule is CCc1c(F)ccc2cc(O)cc(N3CCc4c(nc(OCC56CCC(COC)N5C[C@H](F)C6)nc4N4CCCn5nc(C(=O)N(C)C)cc5C4)C3)c12. The highest BCUT2D eigenvalue weighted by molar-refractivity contribution is 5.98. The van der Waals surface area contributed by atoms with Crippen LogP contribution in [0.15, 0.2) is 30.3 Å². The number of aromatic nitrogens is 4. The Labute approximate surface area is 308 Å². The second kappa shape index (κ2) is 14.0. The molecule has 0 aliphatic carbocycles. The number of phenolic OH excluding ortho intramolecular Hbond substituents is 1. The number of carbonyl (C=O) groups excluding carboxylic acids is 1. The zero-order chi connectivity index (χ0) is 37.0. The van der Waals surface area contributed by atoms with Crippen molar-refractivity contribution in [2.45, 2.75) is 82.8 Å². The standard InChI is InChI=1S/C39H48F2N8O4/c1-5-29-31(41)8-7-24-15-28(50)17-34(35(24)29)46-14-10-30-33(21-46)42-38(53-23-39-11-9-26(22-52-4)48(39)19-25(40)18-39)43-36(30)47-12-6-13-49-27(20-47)16-32(44-49)37(51)45(2)3/h7-8,15-17,25-26,50H,5-6,9-14,18-23H2,1-4H3/t25-,26?,39?/m1/s1. The molecule has 282 valence electrons. The summed E-state index contributed by atoms with van der Waals surface area (Å²) in [4.78, 5) is 31.0. The molecule has 14 heteroatoms. The number of methoxy groups -OCH3 is 1. The Hall–Kier alpha value is -4.56. The molecule has 2 aromatic heterocycles. The van der Waals surface area contributed by atoms with Gasteiger partial charge in [0.1, 0.15) is 30.2 Å². The van der Waals surface area contributed by atoms with Crippen molar-refractivity contribution < 1.29 is 28.2 Å². The van der Waals surface area contributed by atoms with Crippen molar-refractivity contribution in [3.8, 4) is 11.8 Å². The van der Waals surface area contributed by atoms with Crippen molar-refractivity contribution in [2.24, 2.45) is 0 Å². The number of carbonyl (C=O) groups is 1. The van der Waals surface area contributed by atoms with E-state index in [1.165, 1.54) is 11.0 Å². The predicted molar refractivity (Wildman–Crippen MR) is 197 cm³/mol. The lowest BCUT2D eigenvalue weighted by atomic mass is 9.94. The number of benzene rings is 2. The summed E-state index contributed by atoms with van der Waals surface area (Å²) in [6, 6.07) is 8.80. The molecule has 0 spiro atoms. The number of rotatable bonds is 9. The molecule has 4 aliphatic rings. The quantitative estimate of drug-likeness (QED) is 0.256. The summed E-state index contributed by atoms with van der Waals surface area (Å²) in [7, 11) is 5.12. The van der Waals surface area contributed by atoms with Gasteiger partial charge in [0.2, 0.25) is 0 Å². The Balaban J connectivity index is 1.17. The van der Waals surface area contributed by atoms with Crippen LogP contribution >= 0.6 is 0 Å². The molecule has 4 aromatic rings. The van der Waals surface area contributed by atoms with Crippen molar-refractivity contribution in [1.82, 2.24) is 29.5 Å². The third-order valence-corrected chi connectivity index (χ3v) is 11.6. The zero-order valence-corrected chi connectivity index (χ0v) is 30.9. The largest absolute Gasteiger partial charge is 0.508 e. The van der Waals surface area contributed by atoms with Gasteiger partial charge in [-0.15, -0.1) is 0 Å². The number of anilines is 2. The molecule has 12 nitrogen and oxygen atoms in total. The average molecular weight is 731 g/mol. The second-order valence-corrected chi connectivity index (χ2v) is 15.2. The number of amides is 1. The van der Waals surface area contributed by atoms with E-state index < -0.39 is 11.7 Å². The number of phenols is 1. The molecule has 2 fully saturated rings. The van der Waals surface area contributed by atoms with E-state index in [2.05, 4.69) is 19.8 Å². The van der Waals surface area contributed by atoms with Gasteiger partial charge in [-0.2, -0.15) is 15.1 Å². The van der Waals surface area contributed by atoms with Crippen molar-refractivity contribution in [1.29, 1.82) is 0 Å². The fourth-order valence-corrected chi connectivity index (χ4v) is 9.12. The fourth-order valence-electron chi connectivity index (χ4n) is 9.12. The summed E-state index contributed by atoms with van der Waals surface area (Å²) < 4.78 is 44.1. The highest BCUT2D eigenvalue weighted by Crippen LogP contribution is 2.44. The highest BCUT2D eigenvalue weighted by atomic mass is 19.1. The molecule has 0 saturated carbocycles. The lowest BCUT2D eigenvalue weighted by Gasteiger charge is -2.35. The number of hydrogen-bond acceptors (Lipinski definition) is 10. The number of nitrogens with zero attached hydrogens (tertiary/aromatic N) is 8. The molecule has 0 bridgehead atoms. The molecule has 2 aromatic carbocycles. The molecular weight excluding hydrogens is 682 g/mol. The zero-order valence-electron chi connectivity index (χ0n) is 30.9. The van der Waals surface area contributed by atoms with Gasteiger partial charge in [0.15, 0.2) is 5.69 Å². The van der Waals surface area contributed by atoms with Crippen LogP contribution in [0.2, 0.25) is 0 Å². The maximum Gasteiger partial charge on any atom is 0.318 e. The average Bonchev–Trinajstić information content (AvgIpc) is 3.75. The molecule has 0 radical (unpaired) electrons. The van der Waals surface area contributed by atoms with Crippen molar-refractivity contribution in [3.05, 3.63) is 64.4 Å². The van der Waals surface area contributed by atoms with Gasteiger partial charge < -0.3 is 29.3 Å². The first kappa shape index (κ1) is 35.5. The summed E-state index contributed by atoms with van der Waals surface area (Å²) >= 11 is 0. The Morgan fingerprint density at radius 2 is 1.96 bits per heavy atom. The summed E-state index contributed by atoms with van der Waals surface area (Å²) in [5.74, 6) is 0.473. The molecule has 2 saturated heterocycles. The summed E-state index contributed by atoms with van der Waals surface area (Å²) in [6.45, 7) is 5.98. The monoisotopic (exact) mass is 730 g/mol. The normalized spacial score (nSPS) is 22.8. The first-order valence-electron chi connectivity index (χ1n) is 18.7. The maximum absolute atomic E-state index is 15.2. The number of alkyl halides is 1. The Kier molecular flexibility index (Phi) is 9.38. The van der Waals surface area contributed by atoms with Gasteiger partial charge in [-0.05, 0) is 61.3 Å². The Bertz CT molecular complexity index is 2040. The number of halogens is 2. The second-order valence-electron chi connectivity index (χ2n) is 15.2. The molecule has 6 heterocycles. The van der Waals surface area contributed by atoms with Gasteiger partial charge in [-0.25, -0.2) is 8.78 Å². The van der Waals surface area contributed by atoms with E-state index in [1.54, 1.807) is 39.4 Å². The molecule has 53 heavy (non-hydrogen) atoms. The lowest BCUT2D eigenvalue weighted by molar-refractivity contribution is 0.0516. The van der Waals surface area contributed by atoms with E-state index in [-0.39, 0.29) is 36.1 Å². The predicted octanol–water partition coefficient (Wildman–Crippen LogP) is 4.88. The fraction of sp³-hybridized carbons (Fsp3) is 0.538. The summed E-state index contributed by atoms with van der Waals surface area (Å²) in [5, 5.41) is 17.0. The molecule has 2 unspecified atom stereocenters. The number of aromatic hydroxyl groups is 1. The minimum absolute atomic E-state index is 0.113. The minimum Gasteiger partial charge on any atom is -0.508 e. The van der Waals surface area contributed by atoms with Crippen LogP contribution in [0.1, 0.15) is 65.6 Å². The number of hydrogen-bond donors (Lipinski definition) is 1. The van der Waals surface area contributed by atoms with E-state index in [9.17, 15) is 14.3 Å². The van der Waals surface area contributed by atoms with Crippen molar-refractivity contribution >= 4 is 28.2 Å². The molecule has 1 amide bonds. The Morgan fingerprint density at radius 1 is 1.11 bits per heavy atom. The first-order valence-corrected chi connectivity index (χ1v) is 18.7. The third kappa shape index (κ3) is 6.43. The molecular formula is C39H48F2N8O4. The van der Waals surface area contributed by atoms with Crippen LogP contribution in [0.3, 0.4) is 0 Å². The van der Waals surface area contributed by atoms with Crippen LogP contribution in [-0.2, 0) is 37.2 Å². The topological polar surface area (TPSA) is 112 Å². The van der Waals surface area contributed by atoms with E-state index in [0.717, 1.165) is 58.5 Å². The van der Waals surface area contributed by atoms with Crippen LogP contribution in [-0.4, -0.2) is 112 Å². The van der Waals surface area contributed by atoms with E-state index in [1.807, 2.05) is 17.7 Å². The molecule has 8 rings (SSSR count). The van der Waals surface area contributed by atoms with Crippen LogP contribution < -0.4 is 14.5 Å². The van der Waals surface area contributed by atoms with E-state index >= 15 is 4.39 Å². The van der Waals surface area contributed by atoms with E-state index in [4.69, 9.17) is 19.4 Å². The van der Waals surface area contributed by atoms with Gasteiger partial charge in [0.05, 0.1) is 36.6 Å². The first-order chi connectivity index (χ1) is 25.6. The van der Waals surface area contributed by atoms with E-state index in [0.29, 0.717) is 76.4 Å². The maximum atomic E-state index is 15.2. The third-order valence-electron chi connectivity index (χ3n) is 11.6. The van der Waals surface area contributed by atoms with Gasteiger partial charge in [-0.1, -0.05) is 13.0 Å².